The van der Waals surface area contributed by atoms with Crippen molar-refractivity contribution < 1.29 is 0 Å². The minimum atomic E-state index is -0.157. The van der Waals surface area contributed by atoms with Crippen LogP contribution in [0.25, 0.3) is 10.1 Å². The van der Waals surface area contributed by atoms with Gasteiger partial charge in [-0.3, -0.25) is 4.79 Å². The first-order chi connectivity index (χ1) is 7.22. The van der Waals surface area contributed by atoms with E-state index in [2.05, 4.69) is 20.9 Å². The van der Waals surface area contributed by atoms with Crippen LogP contribution in [0.3, 0.4) is 0 Å². The van der Waals surface area contributed by atoms with E-state index in [1.165, 1.54) is 17.5 Å². The van der Waals surface area contributed by atoms with Gasteiger partial charge in [-0.05, 0) is 22.0 Å². The third-order valence-electron chi connectivity index (χ3n) is 1.66. The highest BCUT2D eigenvalue weighted by molar-refractivity contribution is 9.11. The molecule has 0 aliphatic heterocycles. The molecule has 2 heterocycles. The summed E-state index contributed by atoms with van der Waals surface area (Å²) >= 11 is 4.67. The van der Waals surface area contributed by atoms with Crippen LogP contribution < -0.4 is 5.56 Å². The Kier molecular flexibility index (Phi) is 4.06. The standard InChI is InChI=1S/C8H3BrN2OS.C2H6/c9-6-1-5-7(13-6)4(2-10)3-11-8(5)12;1-2/h1,3H,(H,11,12);1-2H3. The number of hydrogen-bond donors (Lipinski definition) is 1. The third-order valence-corrected chi connectivity index (χ3v) is 3.33. The molecule has 3 nitrogen and oxygen atoms in total. The number of nitrogens with zero attached hydrogens (tertiary/aromatic N) is 1. The van der Waals surface area contributed by atoms with Crippen molar-refractivity contribution in [3.05, 3.63) is 32.0 Å². The lowest BCUT2D eigenvalue weighted by atomic mass is 10.2. The second kappa shape index (κ2) is 5.10. The number of hydrogen-bond acceptors (Lipinski definition) is 3. The van der Waals surface area contributed by atoms with Gasteiger partial charge >= 0.3 is 0 Å². The van der Waals surface area contributed by atoms with E-state index in [0.717, 1.165) is 8.49 Å². The Hall–Kier alpha value is -1.12. The predicted octanol–water partition coefficient (Wildman–Crippen LogP) is 3.25. The second-order valence-corrected chi connectivity index (χ2v) is 4.87. The summed E-state index contributed by atoms with van der Waals surface area (Å²) < 4.78 is 1.59. The molecule has 0 aliphatic rings. The molecule has 0 bridgehead atoms. The Bertz CT molecular complexity index is 565. The Morgan fingerprint density at radius 1 is 1.53 bits per heavy atom. The van der Waals surface area contributed by atoms with Crippen molar-refractivity contribution in [2.75, 3.05) is 0 Å². The summed E-state index contributed by atoms with van der Waals surface area (Å²) in [5.41, 5.74) is 0.348. The average Bonchev–Trinajstić information content (AvgIpc) is 2.64. The minimum Gasteiger partial charge on any atom is -0.327 e. The highest BCUT2D eigenvalue weighted by Crippen LogP contribution is 2.29. The number of aromatic amines is 1. The molecule has 15 heavy (non-hydrogen) atoms. The molecule has 5 heteroatoms. The fraction of sp³-hybridized carbons (Fsp3) is 0.200. The monoisotopic (exact) mass is 284 g/mol. The number of aromatic nitrogens is 1. The third kappa shape index (κ3) is 2.28. The zero-order valence-corrected chi connectivity index (χ0v) is 10.7. The summed E-state index contributed by atoms with van der Waals surface area (Å²) in [7, 11) is 0. The van der Waals surface area contributed by atoms with Crippen molar-refractivity contribution in [2.24, 2.45) is 0 Å². The van der Waals surface area contributed by atoms with Crippen LogP contribution in [0.4, 0.5) is 0 Å². The number of nitrogens with one attached hydrogen (secondary N) is 1. The van der Waals surface area contributed by atoms with E-state index in [-0.39, 0.29) is 5.56 Å². The molecule has 0 aromatic carbocycles. The van der Waals surface area contributed by atoms with Gasteiger partial charge in [0, 0.05) is 6.20 Å². The molecule has 78 valence electrons. The topological polar surface area (TPSA) is 56.6 Å². The van der Waals surface area contributed by atoms with Crippen LogP contribution in [0.5, 0.6) is 0 Å². The van der Waals surface area contributed by atoms with Gasteiger partial charge in [0.1, 0.15) is 6.07 Å². The van der Waals surface area contributed by atoms with Crippen LogP contribution in [0, 0.1) is 11.3 Å². The summed E-state index contributed by atoms with van der Waals surface area (Å²) in [6.45, 7) is 4.00. The summed E-state index contributed by atoms with van der Waals surface area (Å²) in [6.07, 6.45) is 1.44. The normalized spacial score (nSPS) is 9.20. The Morgan fingerprint density at radius 2 is 2.20 bits per heavy atom. The van der Waals surface area contributed by atoms with E-state index < -0.39 is 0 Å². The van der Waals surface area contributed by atoms with Crippen LogP contribution in [0.2, 0.25) is 0 Å². The fourth-order valence-electron chi connectivity index (χ4n) is 1.09. The molecule has 1 N–H and O–H groups in total. The summed E-state index contributed by atoms with van der Waals surface area (Å²) in [5.74, 6) is 0. The first-order valence-electron chi connectivity index (χ1n) is 4.43. The maximum atomic E-state index is 11.3. The van der Waals surface area contributed by atoms with Crippen LogP contribution in [-0.4, -0.2) is 4.98 Å². The number of H-pyrrole nitrogens is 1. The maximum absolute atomic E-state index is 11.3. The van der Waals surface area contributed by atoms with E-state index in [1.807, 2.05) is 19.9 Å². The average molecular weight is 285 g/mol. The van der Waals surface area contributed by atoms with E-state index in [1.54, 1.807) is 6.07 Å². The van der Waals surface area contributed by atoms with Crippen molar-refractivity contribution in [1.82, 2.24) is 4.98 Å². The van der Waals surface area contributed by atoms with Gasteiger partial charge in [0.2, 0.25) is 0 Å². The van der Waals surface area contributed by atoms with Crippen LogP contribution in [0.1, 0.15) is 19.4 Å². The fourth-order valence-corrected chi connectivity index (χ4v) is 2.66. The largest absolute Gasteiger partial charge is 0.327 e. The highest BCUT2D eigenvalue weighted by Gasteiger charge is 2.07. The van der Waals surface area contributed by atoms with E-state index in [0.29, 0.717) is 10.9 Å². The smallest absolute Gasteiger partial charge is 0.256 e. The van der Waals surface area contributed by atoms with Crippen molar-refractivity contribution in [1.29, 1.82) is 5.26 Å². The van der Waals surface area contributed by atoms with Crippen LogP contribution >= 0.6 is 27.3 Å². The molecule has 2 aromatic rings. The molecule has 2 rings (SSSR count). The Balaban J connectivity index is 0.000000531. The zero-order chi connectivity index (χ0) is 11.4. The van der Waals surface area contributed by atoms with E-state index in [4.69, 9.17) is 5.26 Å². The second-order valence-electron chi connectivity index (χ2n) is 2.44. The van der Waals surface area contributed by atoms with Gasteiger partial charge in [0.05, 0.1) is 19.4 Å². The Labute approximate surface area is 99.5 Å². The molecule has 0 aliphatic carbocycles. The number of pyridine rings is 1. The molecule has 0 amide bonds. The maximum Gasteiger partial charge on any atom is 0.256 e. The van der Waals surface area contributed by atoms with Crippen molar-refractivity contribution in [3.8, 4) is 6.07 Å². The van der Waals surface area contributed by atoms with Gasteiger partial charge in [-0.2, -0.15) is 5.26 Å². The van der Waals surface area contributed by atoms with Gasteiger partial charge in [-0.25, -0.2) is 0 Å². The van der Waals surface area contributed by atoms with Crippen LogP contribution in [-0.2, 0) is 0 Å². The minimum absolute atomic E-state index is 0.157. The number of fused-ring (bicyclic) bond motifs is 1. The lowest BCUT2D eigenvalue weighted by Gasteiger charge is -1.89. The van der Waals surface area contributed by atoms with Gasteiger partial charge in [0.15, 0.2) is 0 Å². The van der Waals surface area contributed by atoms with Gasteiger partial charge in [0.25, 0.3) is 5.56 Å². The molecule has 0 unspecified atom stereocenters. The molecule has 0 fully saturated rings. The number of nitriles is 1. The number of halogens is 1. The van der Waals surface area contributed by atoms with Gasteiger partial charge in [-0.1, -0.05) is 13.8 Å². The lowest BCUT2D eigenvalue weighted by molar-refractivity contribution is 1.27. The first-order valence-corrected chi connectivity index (χ1v) is 6.04. The molecule has 0 radical (unpaired) electrons. The molecular formula is C10H9BrN2OS. The number of rotatable bonds is 0. The molecule has 0 spiro atoms. The van der Waals surface area contributed by atoms with Crippen molar-refractivity contribution in [3.63, 3.8) is 0 Å². The molecule has 0 atom stereocenters. The lowest BCUT2D eigenvalue weighted by Crippen LogP contribution is -2.03. The van der Waals surface area contributed by atoms with E-state index in [9.17, 15) is 4.79 Å². The quantitative estimate of drug-likeness (QED) is 0.807. The zero-order valence-electron chi connectivity index (χ0n) is 8.30. The van der Waals surface area contributed by atoms with E-state index >= 15 is 0 Å². The SMILES string of the molecule is CC.N#Cc1c[nH]c(=O)c2cc(Br)sc12. The molecule has 0 saturated heterocycles. The summed E-state index contributed by atoms with van der Waals surface area (Å²) in [4.78, 5) is 13.8. The summed E-state index contributed by atoms with van der Waals surface area (Å²) in [5, 5.41) is 9.32. The predicted molar refractivity (Wildman–Crippen MR) is 66.2 cm³/mol. The van der Waals surface area contributed by atoms with Gasteiger partial charge < -0.3 is 4.98 Å². The molecule has 2 aromatic heterocycles. The molecule has 0 saturated carbocycles. The molecular weight excluding hydrogens is 276 g/mol. The van der Waals surface area contributed by atoms with Crippen molar-refractivity contribution in [2.45, 2.75) is 13.8 Å². The van der Waals surface area contributed by atoms with Gasteiger partial charge in [-0.15, -0.1) is 11.3 Å². The van der Waals surface area contributed by atoms with Crippen LogP contribution in [0.15, 0.2) is 20.8 Å². The Morgan fingerprint density at radius 3 is 2.80 bits per heavy atom. The number of thiophene rings is 1. The van der Waals surface area contributed by atoms with Crippen molar-refractivity contribution >= 4 is 37.4 Å². The first kappa shape index (κ1) is 12.0. The highest BCUT2D eigenvalue weighted by atomic mass is 79.9. The summed E-state index contributed by atoms with van der Waals surface area (Å²) in [6, 6.07) is 3.75.